The molecule has 0 unspecified atom stereocenters. The first-order valence-electron chi connectivity index (χ1n) is 11.5. The van der Waals surface area contributed by atoms with Crippen LogP contribution in [0.3, 0.4) is 0 Å². The van der Waals surface area contributed by atoms with Crippen molar-refractivity contribution >= 4 is 11.8 Å². The molecule has 0 atom stereocenters. The second-order valence-electron chi connectivity index (χ2n) is 8.75. The number of amides is 2. The summed E-state index contributed by atoms with van der Waals surface area (Å²) in [5.74, 6) is -1.62. The van der Waals surface area contributed by atoms with E-state index in [-0.39, 0.29) is 23.6 Å². The molecule has 2 amide bonds. The number of halogens is 6. The lowest BCUT2D eigenvalue weighted by atomic mass is 10.1. The van der Waals surface area contributed by atoms with Gasteiger partial charge in [-0.25, -0.2) is 0 Å². The Morgan fingerprint density at radius 1 is 0.923 bits per heavy atom. The van der Waals surface area contributed by atoms with Crippen LogP contribution in [0, 0.1) is 0 Å². The van der Waals surface area contributed by atoms with E-state index >= 15 is 0 Å². The summed E-state index contributed by atoms with van der Waals surface area (Å²) in [5.41, 5.74) is -3.16. The Labute approximate surface area is 218 Å². The maximum Gasteiger partial charge on any atom is 0.433 e. The average Bonchev–Trinajstić information content (AvgIpc) is 3.68. The molecule has 0 aliphatic heterocycles. The maximum absolute atomic E-state index is 13.4. The third-order valence-electron chi connectivity index (χ3n) is 5.95. The SMILES string of the molecule is COc1ccc(Oc2ccc(CNC(=O)C3(NC(=O)c4ccnc(C(F)(F)F)c4)CC3)cc2)c(C(F)(F)F)c1. The number of aromatic nitrogens is 1. The molecule has 2 N–H and O–H groups in total. The summed E-state index contributed by atoms with van der Waals surface area (Å²) < 4.78 is 89.1. The summed E-state index contributed by atoms with van der Waals surface area (Å²) in [6.45, 7) is 0.0283. The van der Waals surface area contributed by atoms with Gasteiger partial charge in [0.25, 0.3) is 5.91 Å². The fourth-order valence-corrected chi connectivity index (χ4v) is 3.65. The van der Waals surface area contributed by atoms with Gasteiger partial charge in [-0.15, -0.1) is 0 Å². The molecule has 1 aliphatic rings. The molecule has 0 spiro atoms. The van der Waals surface area contributed by atoms with Gasteiger partial charge in [0.05, 0.1) is 7.11 Å². The van der Waals surface area contributed by atoms with Crippen molar-refractivity contribution in [1.82, 2.24) is 15.6 Å². The van der Waals surface area contributed by atoms with Crippen LogP contribution in [-0.2, 0) is 23.7 Å². The van der Waals surface area contributed by atoms with Crippen molar-refractivity contribution in [2.75, 3.05) is 7.11 Å². The summed E-state index contributed by atoms with van der Waals surface area (Å²) in [6.07, 6.45) is -7.92. The molecule has 0 bridgehead atoms. The largest absolute Gasteiger partial charge is 0.497 e. The minimum absolute atomic E-state index is 0.0252. The number of hydrogen-bond donors (Lipinski definition) is 2. The van der Waals surface area contributed by atoms with Crippen LogP contribution in [0.5, 0.6) is 17.2 Å². The molecule has 2 aromatic carbocycles. The van der Waals surface area contributed by atoms with E-state index in [2.05, 4.69) is 15.6 Å². The highest BCUT2D eigenvalue weighted by atomic mass is 19.4. The molecule has 0 radical (unpaired) electrons. The number of nitrogens with zero attached hydrogens (tertiary/aromatic N) is 1. The van der Waals surface area contributed by atoms with Gasteiger partial charge in [0.15, 0.2) is 0 Å². The van der Waals surface area contributed by atoms with E-state index < -0.39 is 46.7 Å². The lowest BCUT2D eigenvalue weighted by Crippen LogP contribution is -2.48. The first-order chi connectivity index (χ1) is 18.3. The van der Waals surface area contributed by atoms with Crippen LogP contribution in [0.2, 0.25) is 0 Å². The summed E-state index contributed by atoms with van der Waals surface area (Å²) in [7, 11) is 1.25. The number of methoxy groups -OCH3 is 1. The Morgan fingerprint density at radius 3 is 2.18 bits per heavy atom. The number of carbonyl (C=O) groups is 2. The molecule has 7 nitrogen and oxygen atoms in total. The van der Waals surface area contributed by atoms with Crippen molar-refractivity contribution in [3.63, 3.8) is 0 Å². The predicted octanol–water partition coefficient (Wildman–Crippen LogP) is 5.50. The summed E-state index contributed by atoms with van der Waals surface area (Å²) in [5, 5.41) is 5.15. The van der Waals surface area contributed by atoms with Gasteiger partial charge in [-0.2, -0.15) is 26.3 Å². The molecule has 3 aromatic rings. The van der Waals surface area contributed by atoms with Crippen LogP contribution < -0.4 is 20.1 Å². The highest BCUT2D eigenvalue weighted by Gasteiger charge is 2.51. The van der Waals surface area contributed by atoms with Crippen LogP contribution in [0.4, 0.5) is 26.3 Å². The Morgan fingerprint density at radius 2 is 1.59 bits per heavy atom. The molecule has 206 valence electrons. The van der Waals surface area contributed by atoms with Gasteiger partial charge in [-0.1, -0.05) is 12.1 Å². The molecular weight excluding hydrogens is 532 g/mol. The summed E-state index contributed by atoms with van der Waals surface area (Å²) in [6, 6.07) is 11.0. The number of carbonyl (C=O) groups excluding carboxylic acids is 2. The van der Waals surface area contributed by atoms with Crippen molar-refractivity contribution in [1.29, 1.82) is 0 Å². The molecule has 0 saturated heterocycles. The number of pyridine rings is 1. The van der Waals surface area contributed by atoms with E-state index in [9.17, 15) is 35.9 Å². The predicted molar refractivity (Wildman–Crippen MR) is 125 cm³/mol. The van der Waals surface area contributed by atoms with Gasteiger partial charge in [-0.05, 0) is 60.9 Å². The molecule has 1 saturated carbocycles. The van der Waals surface area contributed by atoms with Gasteiger partial charge in [0.1, 0.15) is 34.0 Å². The second-order valence-corrected chi connectivity index (χ2v) is 8.75. The highest BCUT2D eigenvalue weighted by Crippen LogP contribution is 2.40. The first-order valence-corrected chi connectivity index (χ1v) is 11.5. The van der Waals surface area contributed by atoms with Crippen LogP contribution in [-0.4, -0.2) is 29.4 Å². The number of ether oxygens (including phenoxy) is 2. The summed E-state index contributed by atoms with van der Waals surface area (Å²) in [4.78, 5) is 28.4. The van der Waals surface area contributed by atoms with E-state index in [0.717, 1.165) is 24.4 Å². The normalized spacial score (nSPS) is 14.3. The van der Waals surface area contributed by atoms with Crippen molar-refractivity contribution in [2.24, 2.45) is 0 Å². The third-order valence-corrected chi connectivity index (χ3v) is 5.95. The number of hydrogen-bond acceptors (Lipinski definition) is 5. The lowest BCUT2D eigenvalue weighted by molar-refractivity contribution is -0.141. The van der Waals surface area contributed by atoms with Gasteiger partial charge >= 0.3 is 12.4 Å². The molecule has 1 fully saturated rings. The van der Waals surface area contributed by atoms with Crippen molar-refractivity contribution in [2.45, 2.75) is 37.3 Å². The number of rotatable bonds is 8. The highest BCUT2D eigenvalue weighted by molar-refractivity contribution is 6.00. The van der Waals surface area contributed by atoms with Crippen LogP contribution in [0.25, 0.3) is 0 Å². The smallest absolute Gasteiger partial charge is 0.433 e. The average molecular weight is 553 g/mol. The molecule has 1 heterocycles. The second kappa shape index (κ2) is 10.5. The fourth-order valence-electron chi connectivity index (χ4n) is 3.65. The fraction of sp³-hybridized carbons (Fsp3) is 0.269. The van der Waals surface area contributed by atoms with Crippen molar-refractivity contribution in [3.8, 4) is 17.2 Å². The molecule has 1 aromatic heterocycles. The Kier molecular flexibility index (Phi) is 7.44. The Hall–Kier alpha value is -4.29. The quantitative estimate of drug-likeness (QED) is 0.360. The zero-order chi connectivity index (χ0) is 28.4. The Bertz CT molecular complexity index is 1370. The molecule has 1 aliphatic carbocycles. The van der Waals surface area contributed by atoms with E-state index in [1.165, 1.54) is 25.3 Å². The van der Waals surface area contributed by atoms with E-state index in [0.29, 0.717) is 24.5 Å². The molecular formula is C26H21F6N3O4. The Balaban J connectivity index is 1.36. The summed E-state index contributed by atoms with van der Waals surface area (Å²) >= 11 is 0. The van der Waals surface area contributed by atoms with Crippen LogP contribution in [0.1, 0.15) is 40.0 Å². The third kappa shape index (κ3) is 6.59. The van der Waals surface area contributed by atoms with Gasteiger partial charge in [-0.3, -0.25) is 14.6 Å². The van der Waals surface area contributed by atoms with Gasteiger partial charge < -0.3 is 20.1 Å². The number of alkyl halides is 6. The standard InChI is InChI=1S/C26H21F6N3O4/c1-38-18-6-7-20(19(13-18)25(27,28)29)39-17-4-2-15(3-5-17)14-34-23(37)24(9-10-24)35-22(36)16-8-11-33-21(12-16)26(30,31)32/h2-8,11-13H,9-10,14H2,1H3,(H,34,37)(H,35,36). The van der Waals surface area contributed by atoms with E-state index in [1.54, 1.807) is 12.1 Å². The topological polar surface area (TPSA) is 89.5 Å². The number of nitrogens with one attached hydrogen (secondary N) is 2. The maximum atomic E-state index is 13.4. The monoisotopic (exact) mass is 553 g/mol. The van der Waals surface area contributed by atoms with Crippen molar-refractivity contribution < 1.29 is 45.4 Å². The molecule has 13 heteroatoms. The van der Waals surface area contributed by atoms with Crippen LogP contribution in [0.15, 0.2) is 60.8 Å². The number of benzene rings is 2. The van der Waals surface area contributed by atoms with Gasteiger partial charge in [0, 0.05) is 18.3 Å². The van der Waals surface area contributed by atoms with Gasteiger partial charge in [0.2, 0.25) is 5.91 Å². The minimum Gasteiger partial charge on any atom is -0.497 e. The zero-order valence-corrected chi connectivity index (χ0v) is 20.2. The minimum atomic E-state index is -4.72. The zero-order valence-electron chi connectivity index (χ0n) is 20.2. The van der Waals surface area contributed by atoms with E-state index in [4.69, 9.17) is 9.47 Å². The van der Waals surface area contributed by atoms with Crippen molar-refractivity contribution in [3.05, 3.63) is 83.2 Å². The molecule has 39 heavy (non-hydrogen) atoms. The molecule has 4 rings (SSSR count). The first kappa shape index (κ1) is 27.7. The van der Waals surface area contributed by atoms with Crippen LogP contribution >= 0.6 is 0 Å². The van der Waals surface area contributed by atoms with E-state index in [1.807, 2.05) is 0 Å². The lowest BCUT2D eigenvalue weighted by Gasteiger charge is -2.18.